The average Bonchev–Trinajstić information content (AvgIpc) is 1.98. The highest BCUT2D eigenvalue weighted by Gasteiger charge is 2.06. The average molecular weight is 157 g/mol. The highest BCUT2D eigenvalue weighted by molar-refractivity contribution is 6.41. The van der Waals surface area contributed by atoms with Gasteiger partial charge in [0.15, 0.2) is 0 Å². The normalized spacial score (nSPS) is 14.2. The van der Waals surface area contributed by atoms with Crippen molar-refractivity contribution in [1.82, 2.24) is 0 Å². The van der Waals surface area contributed by atoms with Gasteiger partial charge in [0.1, 0.15) is 5.71 Å². The van der Waals surface area contributed by atoms with E-state index in [1.54, 1.807) is 6.92 Å². The van der Waals surface area contributed by atoms with E-state index >= 15 is 0 Å². The second-order valence-electron chi connectivity index (χ2n) is 2.86. The van der Waals surface area contributed by atoms with Crippen LogP contribution >= 0.6 is 0 Å². The molecule has 0 aromatic rings. The van der Waals surface area contributed by atoms with E-state index in [1.165, 1.54) is 0 Å². The Balaban J connectivity index is 4.21. The predicted molar refractivity (Wildman–Crippen MR) is 46.0 cm³/mol. The summed E-state index contributed by atoms with van der Waals surface area (Å²) >= 11 is 0. The van der Waals surface area contributed by atoms with E-state index in [4.69, 9.17) is 11.0 Å². The smallest absolute Gasteiger partial charge is 0.103 e. The van der Waals surface area contributed by atoms with Gasteiger partial charge >= 0.3 is 0 Å². The maximum atomic E-state index is 8.53. The van der Waals surface area contributed by atoms with Gasteiger partial charge in [-0.3, -0.25) is 0 Å². The molecule has 4 nitrogen and oxygen atoms in total. The third-order valence-electron chi connectivity index (χ3n) is 1.33. The molecule has 4 heteroatoms. The minimum Gasteiger partial charge on any atom is -0.411 e. The molecule has 0 saturated heterocycles. The van der Waals surface area contributed by atoms with Crippen LogP contribution in [0.3, 0.4) is 0 Å². The number of oxime groups is 1. The fourth-order valence-corrected chi connectivity index (χ4v) is 0.722. The summed E-state index contributed by atoms with van der Waals surface area (Å²) in [6, 6.07) is 0. The molecule has 64 valence electrons. The third-order valence-corrected chi connectivity index (χ3v) is 1.33. The first kappa shape index (κ1) is 9.94. The van der Waals surface area contributed by atoms with Gasteiger partial charge in [-0.1, -0.05) is 19.0 Å². The Morgan fingerprint density at radius 3 is 2.36 bits per heavy atom. The molecule has 0 fully saturated rings. The molecule has 3 N–H and O–H groups in total. The Kier molecular flexibility index (Phi) is 4.26. The molecule has 0 rings (SSSR count). The van der Waals surface area contributed by atoms with Gasteiger partial charge < -0.3 is 11.0 Å². The topological polar surface area (TPSA) is 71.0 Å². The minimum absolute atomic E-state index is 0.442. The summed E-state index contributed by atoms with van der Waals surface area (Å²) in [5, 5.41) is 15.1. The first-order valence-corrected chi connectivity index (χ1v) is 3.57. The molecule has 0 saturated carbocycles. The van der Waals surface area contributed by atoms with E-state index in [-0.39, 0.29) is 0 Å². The SMILES string of the molecule is CC(=N\N)/C(CC(C)C)=N/O. The van der Waals surface area contributed by atoms with E-state index in [2.05, 4.69) is 10.3 Å². The summed E-state index contributed by atoms with van der Waals surface area (Å²) in [6.07, 6.45) is 0.697. The van der Waals surface area contributed by atoms with Crippen molar-refractivity contribution >= 4 is 11.4 Å². The molecule has 0 unspecified atom stereocenters. The molecule has 0 amide bonds. The Morgan fingerprint density at radius 1 is 1.55 bits per heavy atom. The minimum atomic E-state index is 0.442. The molecule has 0 aliphatic rings. The summed E-state index contributed by atoms with van der Waals surface area (Å²) in [6.45, 7) is 5.79. The molecule has 0 radical (unpaired) electrons. The van der Waals surface area contributed by atoms with Crippen LogP contribution in [0.1, 0.15) is 27.2 Å². The number of nitrogens with two attached hydrogens (primary N) is 1. The predicted octanol–water partition coefficient (Wildman–Crippen LogP) is 1.20. The largest absolute Gasteiger partial charge is 0.411 e. The van der Waals surface area contributed by atoms with Gasteiger partial charge in [0.2, 0.25) is 0 Å². The van der Waals surface area contributed by atoms with Crippen molar-refractivity contribution in [2.45, 2.75) is 27.2 Å². The number of hydrogen-bond acceptors (Lipinski definition) is 4. The first-order chi connectivity index (χ1) is 5.11. The summed E-state index contributed by atoms with van der Waals surface area (Å²) in [5.41, 5.74) is 1.14. The third kappa shape index (κ3) is 3.60. The molecule has 0 atom stereocenters. The molecule has 0 spiro atoms. The Bertz CT molecular complexity index is 173. The van der Waals surface area contributed by atoms with Crippen LogP contribution in [0.4, 0.5) is 0 Å². The quantitative estimate of drug-likeness (QED) is 0.279. The zero-order valence-electron chi connectivity index (χ0n) is 7.20. The lowest BCUT2D eigenvalue weighted by molar-refractivity contribution is 0.318. The standard InChI is InChI=1S/C7H15N3O/c1-5(2)4-7(10-11)6(3)9-8/h5,11H,4,8H2,1-3H3/b9-6+,10-7+. The summed E-state index contributed by atoms with van der Waals surface area (Å²) in [7, 11) is 0. The van der Waals surface area contributed by atoms with Crippen LogP contribution in [0.2, 0.25) is 0 Å². The highest BCUT2D eigenvalue weighted by Crippen LogP contribution is 2.02. The lowest BCUT2D eigenvalue weighted by atomic mass is 10.0. The van der Waals surface area contributed by atoms with E-state index in [0.717, 1.165) is 0 Å². The molecule has 0 aliphatic heterocycles. The van der Waals surface area contributed by atoms with Crippen molar-refractivity contribution in [3.8, 4) is 0 Å². The van der Waals surface area contributed by atoms with Crippen molar-refractivity contribution in [3.05, 3.63) is 0 Å². The molecule has 0 aromatic carbocycles. The number of hydrazone groups is 1. The fourth-order valence-electron chi connectivity index (χ4n) is 0.722. The van der Waals surface area contributed by atoms with E-state index in [1.807, 2.05) is 13.8 Å². The van der Waals surface area contributed by atoms with Crippen LogP contribution in [-0.2, 0) is 0 Å². The zero-order chi connectivity index (χ0) is 8.85. The second kappa shape index (κ2) is 4.71. The highest BCUT2D eigenvalue weighted by atomic mass is 16.4. The Morgan fingerprint density at radius 2 is 2.09 bits per heavy atom. The van der Waals surface area contributed by atoms with Gasteiger partial charge in [0.05, 0.1) is 5.71 Å². The van der Waals surface area contributed by atoms with Crippen LogP contribution in [0, 0.1) is 5.92 Å². The van der Waals surface area contributed by atoms with Gasteiger partial charge in [-0.25, -0.2) is 0 Å². The van der Waals surface area contributed by atoms with Crippen LogP contribution in [0.25, 0.3) is 0 Å². The summed E-state index contributed by atoms with van der Waals surface area (Å²) in [5.74, 6) is 5.46. The second-order valence-corrected chi connectivity index (χ2v) is 2.86. The van der Waals surface area contributed by atoms with Crippen molar-refractivity contribution in [2.75, 3.05) is 0 Å². The fraction of sp³-hybridized carbons (Fsp3) is 0.714. The van der Waals surface area contributed by atoms with Crippen LogP contribution < -0.4 is 5.84 Å². The molecule has 0 heterocycles. The molecule has 0 bridgehead atoms. The number of rotatable bonds is 3. The molecule has 11 heavy (non-hydrogen) atoms. The monoisotopic (exact) mass is 157 g/mol. The van der Waals surface area contributed by atoms with Crippen molar-refractivity contribution in [2.24, 2.45) is 22.0 Å². The lowest BCUT2D eigenvalue weighted by Crippen LogP contribution is -2.14. The maximum Gasteiger partial charge on any atom is 0.103 e. The number of nitrogens with zero attached hydrogens (tertiary/aromatic N) is 2. The number of hydrogen-bond donors (Lipinski definition) is 2. The van der Waals surface area contributed by atoms with Gasteiger partial charge in [0.25, 0.3) is 0 Å². The van der Waals surface area contributed by atoms with Crippen molar-refractivity contribution < 1.29 is 5.21 Å². The van der Waals surface area contributed by atoms with Crippen molar-refractivity contribution in [1.29, 1.82) is 0 Å². The van der Waals surface area contributed by atoms with E-state index < -0.39 is 0 Å². The zero-order valence-corrected chi connectivity index (χ0v) is 7.20. The van der Waals surface area contributed by atoms with Crippen LogP contribution in [0.15, 0.2) is 10.3 Å². The van der Waals surface area contributed by atoms with Crippen LogP contribution in [-0.4, -0.2) is 16.6 Å². The Hall–Kier alpha value is -1.06. The summed E-state index contributed by atoms with van der Waals surface area (Å²) < 4.78 is 0. The van der Waals surface area contributed by atoms with Gasteiger partial charge in [0, 0.05) is 0 Å². The van der Waals surface area contributed by atoms with Crippen molar-refractivity contribution in [3.63, 3.8) is 0 Å². The lowest BCUT2D eigenvalue weighted by Gasteiger charge is -2.04. The van der Waals surface area contributed by atoms with E-state index in [9.17, 15) is 0 Å². The van der Waals surface area contributed by atoms with Gasteiger partial charge in [-0.2, -0.15) is 5.10 Å². The van der Waals surface area contributed by atoms with Crippen LogP contribution in [0.5, 0.6) is 0 Å². The summed E-state index contributed by atoms with van der Waals surface area (Å²) in [4.78, 5) is 0. The molecular formula is C7H15N3O. The maximum absolute atomic E-state index is 8.53. The molecule has 0 aromatic heterocycles. The first-order valence-electron chi connectivity index (χ1n) is 3.57. The van der Waals surface area contributed by atoms with Gasteiger partial charge in [-0.15, -0.1) is 0 Å². The molecule has 0 aliphatic carbocycles. The van der Waals surface area contributed by atoms with Gasteiger partial charge in [-0.05, 0) is 19.3 Å². The van der Waals surface area contributed by atoms with E-state index in [0.29, 0.717) is 23.8 Å². The molecular weight excluding hydrogens is 142 g/mol. The Labute approximate surface area is 66.8 Å².